The molecule has 0 aliphatic carbocycles. The molecule has 0 radical (unpaired) electrons. The van der Waals surface area contributed by atoms with Crippen molar-refractivity contribution in [2.75, 3.05) is 6.61 Å². The summed E-state index contributed by atoms with van der Waals surface area (Å²) >= 11 is 1.55. The van der Waals surface area contributed by atoms with E-state index in [0.717, 1.165) is 4.88 Å². The number of carbonyl (C=O) groups is 1. The summed E-state index contributed by atoms with van der Waals surface area (Å²) in [5.74, 6) is 0.567. The summed E-state index contributed by atoms with van der Waals surface area (Å²) in [6.45, 7) is 4.05. The maximum absolute atomic E-state index is 11.7. The van der Waals surface area contributed by atoms with Crippen LogP contribution in [0.5, 0.6) is 0 Å². The normalized spacial score (nSPS) is 13.7. The molecular formula is C14H19N3O3S. The molecule has 0 spiro atoms. The number of hydrogen-bond donors (Lipinski definition) is 3. The first kappa shape index (κ1) is 15.5. The molecule has 2 heterocycles. The lowest BCUT2D eigenvalue weighted by Gasteiger charge is -2.19. The fraction of sp³-hybridized carbons (Fsp3) is 0.429. The first-order valence-electron chi connectivity index (χ1n) is 6.73. The molecule has 21 heavy (non-hydrogen) atoms. The van der Waals surface area contributed by atoms with E-state index >= 15 is 0 Å². The van der Waals surface area contributed by atoms with Gasteiger partial charge in [-0.15, -0.1) is 11.3 Å². The number of urea groups is 1. The van der Waals surface area contributed by atoms with Crippen molar-refractivity contribution in [3.8, 4) is 10.8 Å². The molecular weight excluding hydrogens is 290 g/mol. The lowest BCUT2D eigenvalue weighted by molar-refractivity contribution is 0.200. The molecule has 2 aromatic heterocycles. The molecule has 0 aliphatic rings. The lowest BCUT2D eigenvalue weighted by atomic mass is 10.1. The summed E-state index contributed by atoms with van der Waals surface area (Å²) in [6.07, 6.45) is 1.54. The minimum atomic E-state index is -0.288. The Labute approximate surface area is 127 Å². The second kappa shape index (κ2) is 7.24. The summed E-state index contributed by atoms with van der Waals surface area (Å²) in [7, 11) is 0. The Bertz CT molecular complexity index is 568. The summed E-state index contributed by atoms with van der Waals surface area (Å²) in [4.78, 5) is 17.0. The molecule has 7 heteroatoms. The third kappa shape index (κ3) is 4.30. The van der Waals surface area contributed by atoms with Gasteiger partial charge in [0.1, 0.15) is 6.26 Å². The van der Waals surface area contributed by atoms with Crippen LogP contribution in [0.25, 0.3) is 10.8 Å². The fourth-order valence-electron chi connectivity index (χ4n) is 1.63. The number of thiophene rings is 1. The minimum Gasteiger partial charge on any atom is -0.443 e. The van der Waals surface area contributed by atoms with Crippen molar-refractivity contribution < 1.29 is 14.3 Å². The molecule has 2 atom stereocenters. The van der Waals surface area contributed by atoms with Gasteiger partial charge < -0.3 is 20.2 Å². The van der Waals surface area contributed by atoms with Crippen LogP contribution in [0.2, 0.25) is 0 Å². The summed E-state index contributed by atoms with van der Waals surface area (Å²) in [6, 6.07) is 3.47. The van der Waals surface area contributed by atoms with Crippen molar-refractivity contribution in [2.24, 2.45) is 5.92 Å². The fourth-order valence-corrected chi connectivity index (χ4v) is 2.29. The van der Waals surface area contributed by atoms with E-state index < -0.39 is 0 Å². The van der Waals surface area contributed by atoms with Crippen LogP contribution in [0.4, 0.5) is 4.79 Å². The maximum atomic E-state index is 11.7. The highest BCUT2D eigenvalue weighted by atomic mass is 32.1. The highest BCUT2D eigenvalue weighted by Crippen LogP contribution is 2.23. The number of nitrogens with zero attached hydrogens (tertiary/aromatic N) is 1. The Kier molecular flexibility index (Phi) is 5.35. The summed E-state index contributed by atoms with van der Waals surface area (Å²) in [5, 5.41) is 16.5. The molecule has 3 N–H and O–H groups in total. The lowest BCUT2D eigenvalue weighted by Crippen LogP contribution is -2.44. The van der Waals surface area contributed by atoms with Gasteiger partial charge in [-0.1, -0.05) is 13.0 Å². The van der Waals surface area contributed by atoms with Crippen molar-refractivity contribution in [1.82, 2.24) is 15.6 Å². The van der Waals surface area contributed by atoms with Gasteiger partial charge in [0, 0.05) is 12.6 Å². The molecule has 0 saturated heterocycles. The number of aromatic nitrogens is 1. The van der Waals surface area contributed by atoms with Crippen molar-refractivity contribution in [2.45, 2.75) is 26.4 Å². The number of carbonyl (C=O) groups excluding carboxylic acids is 1. The highest BCUT2D eigenvalue weighted by Gasteiger charge is 2.14. The van der Waals surface area contributed by atoms with Gasteiger partial charge in [-0.25, -0.2) is 9.78 Å². The molecule has 6 nitrogen and oxygen atoms in total. The van der Waals surface area contributed by atoms with Crippen LogP contribution in [0.1, 0.15) is 19.5 Å². The van der Waals surface area contributed by atoms with E-state index in [1.165, 1.54) is 6.26 Å². The Morgan fingerprint density at radius 1 is 1.52 bits per heavy atom. The van der Waals surface area contributed by atoms with E-state index in [2.05, 4.69) is 15.6 Å². The average Bonchev–Trinajstić information content (AvgIpc) is 3.14. The SMILES string of the molecule is CC(CO)C(C)NC(=O)NCc1coc(-c2cccs2)n1. The van der Waals surface area contributed by atoms with Gasteiger partial charge in [-0.3, -0.25) is 0 Å². The first-order chi connectivity index (χ1) is 10.1. The smallest absolute Gasteiger partial charge is 0.315 e. The summed E-state index contributed by atoms with van der Waals surface area (Å²) < 4.78 is 5.37. The molecule has 2 aromatic rings. The van der Waals surface area contributed by atoms with Crippen LogP contribution in [0.15, 0.2) is 28.2 Å². The van der Waals surface area contributed by atoms with Crippen molar-refractivity contribution in [3.63, 3.8) is 0 Å². The highest BCUT2D eigenvalue weighted by molar-refractivity contribution is 7.13. The number of oxazole rings is 1. The molecule has 0 aliphatic heterocycles. The van der Waals surface area contributed by atoms with Crippen molar-refractivity contribution >= 4 is 17.4 Å². The third-order valence-electron chi connectivity index (χ3n) is 3.21. The second-order valence-electron chi connectivity index (χ2n) is 4.90. The van der Waals surface area contributed by atoms with Crippen LogP contribution in [-0.2, 0) is 6.54 Å². The van der Waals surface area contributed by atoms with Gasteiger partial charge in [0.05, 0.1) is 17.1 Å². The molecule has 0 bridgehead atoms. The molecule has 2 unspecified atom stereocenters. The maximum Gasteiger partial charge on any atom is 0.315 e. The van der Waals surface area contributed by atoms with E-state index in [-0.39, 0.29) is 24.6 Å². The zero-order chi connectivity index (χ0) is 15.2. The van der Waals surface area contributed by atoms with Gasteiger partial charge in [0.25, 0.3) is 0 Å². The standard InChI is InChI=1S/C14H19N3O3S/c1-9(7-18)10(2)16-14(19)15-6-11-8-20-13(17-11)12-4-3-5-21-12/h3-5,8-10,18H,6-7H2,1-2H3,(H2,15,16,19). The van der Waals surface area contributed by atoms with Gasteiger partial charge in [-0.2, -0.15) is 0 Å². The number of rotatable bonds is 6. The van der Waals surface area contributed by atoms with Gasteiger partial charge in [-0.05, 0) is 24.3 Å². The molecule has 0 fully saturated rings. The topological polar surface area (TPSA) is 87.4 Å². The molecule has 0 aromatic carbocycles. The monoisotopic (exact) mass is 309 g/mol. The zero-order valence-electron chi connectivity index (χ0n) is 12.0. The van der Waals surface area contributed by atoms with Crippen LogP contribution in [0, 0.1) is 5.92 Å². The number of aliphatic hydroxyl groups excluding tert-OH is 1. The number of amides is 2. The van der Waals surface area contributed by atoms with Gasteiger partial charge in [0.15, 0.2) is 0 Å². The quantitative estimate of drug-likeness (QED) is 0.763. The van der Waals surface area contributed by atoms with Gasteiger partial charge >= 0.3 is 6.03 Å². The van der Waals surface area contributed by atoms with Crippen LogP contribution >= 0.6 is 11.3 Å². The number of aliphatic hydroxyl groups is 1. The number of hydrogen-bond acceptors (Lipinski definition) is 5. The van der Waals surface area contributed by atoms with E-state index in [0.29, 0.717) is 18.1 Å². The molecule has 0 saturated carbocycles. The van der Waals surface area contributed by atoms with Crippen LogP contribution in [-0.4, -0.2) is 28.8 Å². The van der Waals surface area contributed by atoms with E-state index in [1.807, 2.05) is 31.4 Å². The zero-order valence-corrected chi connectivity index (χ0v) is 12.8. The van der Waals surface area contributed by atoms with E-state index in [1.54, 1.807) is 11.3 Å². The Morgan fingerprint density at radius 2 is 2.33 bits per heavy atom. The van der Waals surface area contributed by atoms with Crippen LogP contribution < -0.4 is 10.6 Å². The largest absolute Gasteiger partial charge is 0.443 e. The van der Waals surface area contributed by atoms with Crippen molar-refractivity contribution in [3.05, 3.63) is 29.5 Å². The first-order valence-corrected chi connectivity index (χ1v) is 7.61. The Balaban J connectivity index is 1.82. The Hall–Kier alpha value is -1.86. The molecule has 114 valence electrons. The minimum absolute atomic E-state index is 0.00762. The van der Waals surface area contributed by atoms with Crippen molar-refractivity contribution in [1.29, 1.82) is 0 Å². The predicted octanol–water partition coefficient (Wildman–Crippen LogP) is 2.22. The predicted molar refractivity (Wildman–Crippen MR) is 80.9 cm³/mol. The second-order valence-corrected chi connectivity index (χ2v) is 5.84. The van der Waals surface area contributed by atoms with E-state index in [4.69, 9.17) is 9.52 Å². The average molecular weight is 309 g/mol. The molecule has 2 amide bonds. The molecule has 2 rings (SSSR count). The number of nitrogens with one attached hydrogen (secondary N) is 2. The Morgan fingerprint density at radius 3 is 3.00 bits per heavy atom. The van der Waals surface area contributed by atoms with E-state index in [9.17, 15) is 4.79 Å². The van der Waals surface area contributed by atoms with Crippen LogP contribution in [0.3, 0.4) is 0 Å². The third-order valence-corrected chi connectivity index (χ3v) is 4.07. The van der Waals surface area contributed by atoms with Gasteiger partial charge in [0.2, 0.25) is 5.89 Å². The summed E-state index contributed by atoms with van der Waals surface area (Å²) in [5.41, 5.74) is 0.663.